The van der Waals surface area contributed by atoms with Crippen molar-refractivity contribution in [2.45, 2.75) is 6.92 Å². The third-order valence-electron chi connectivity index (χ3n) is 1.93. The zero-order valence-electron chi connectivity index (χ0n) is 7.20. The van der Waals surface area contributed by atoms with Crippen molar-refractivity contribution in [3.63, 3.8) is 0 Å². The van der Waals surface area contributed by atoms with Crippen molar-refractivity contribution in [2.75, 3.05) is 0 Å². The predicted octanol–water partition coefficient (Wildman–Crippen LogP) is 2.31. The van der Waals surface area contributed by atoms with Gasteiger partial charge in [-0.25, -0.2) is 0 Å². The van der Waals surface area contributed by atoms with Crippen LogP contribution in [0, 0.1) is 6.92 Å². The lowest BCUT2D eigenvalue weighted by Gasteiger charge is -1.93. The predicted molar refractivity (Wildman–Crippen MR) is 55.1 cm³/mol. The number of thiophene rings is 1. The Hall–Kier alpha value is -1.35. The number of primary amides is 1. The minimum absolute atomic E-state index is 0.368. The normalized spacial score (nSPS) is 10.5. The van der Waals surface area contributed by atoms with Gasteiger partial charge >= 0.3 is 0 Å². The molecule has 0 saturated carbocycles. The molecule has 0 bridgehead atoms. The van der Waals surface area contributed by atoms with Crippen LogP contribution >= 0.6 is 11.3 Å². The van der Waals surface area contributed by atoms with E-state index < -0.39 is 0 Å². The fourth-order valence-electron chi connectivity index (χ4n) is 1.32. The van der Waals surface area contributed by atoms with Crippen molar-refractivity contribution in [3.05, 3.63) is 34.7 Å². The van der Waals surface area contributed by atoms with Crippen molar-refractivity contribution < 1.29 is 4.79 Å². The summed E-state index contributed by atoms with van der Waals surface area (Å²) in [6.07, 6.45) is 0. The summed E-state index contributed by atoms with van der Waals surface area (Å²) < 4.78 is 1.12. The Kier molecular flexibility index (Phi) is 1.81. The molecule has 1 heterocycles. The molecule has 0 unspecified atom stereocenters. The molecular weight excluding hydrogens is 182 g/mol. The molecule has 0 atom stereocenters. The Morgan fingerprint density at radius 2 is 2.15 bits per heavy atom. The molecule has 13 heavy (non-hydrogen) atoms. The largest absolute Gasteiger partial charge is 0.366 e. The van der Waals surface area contributed by atoms with Gasteiger partial charge in [-0.3, -0.25) is 4.79 Å². The number of hydrogen-bond donors (Lipinski definition) is 1. The molecule has 66 valence electrons. The Morgan fingerprint density at radius 3 is 2.85 bits per heavy atom. The molecule has 1 aromatic carbocycles. The molecule has 0 aliphatic heterocycles. The zero-order valence-corrected chi connectivity index (χ0v) is 8.02. The van der Waals surface area contributed by atoms with Crippen LogP contribution in [0.3, 0.4) is 0 Å². The maximum Gasteiger partial charge on any atom is 0.248 e. The molecule has 1 amide bonds. The summed E-state index contributed by atoms with van der Waals surface area (Å²) in [4.78, 5) is 12.1. The first kappa shape index (κ1) is 8.26. The molecule has 0 spiro atoms. The van der Waals surface area contributed by atoms with Gasteiger partial charge in [0, 0.05) is 15.1 Å². The second-order valence-corrected chi connectivity index (χ2v) is 4.26. The first-order chi connectivity index (χ1) is 6.16. The molecule has 2 N–H and O–H groups in total. The highest BCUT2D eigenvalue weighted by Gasteiger charge is 2.03. The van der Waals surface area contributed by atoms with Crippen molar-refractivity contribution in [2.24, 2.45) is 5.73 Å². The van der Waals surface area contributed by atoms with Gasteiger partial charge in [0.25, 0.3) is 0 Å². The van der Waals surface area contributed by atoms with Gasteiger partial charge in [-0.2, -0.15) is 0 Å². The fourth-order valence-corrected chi connectivity index (χ4v) is 2.28. The molecule has 0 radical (unpaired) electrons. The van der Waals surface area contributed by atoms with Gasteiger partial charge in [0.2, 0.25) is 5.91 Å². The van der Waals surface area contributed by atoms with Crippen molar-refractivity contribution in [1.29, 1.82) is 0 Å². The van der Waals surface area contributed by atoms with Crippen molar-refractivity contribution in [1.82, 2.24) is 0 Å². The fraction of sp³-hybridized carbons (Fsp3) is 0.100. The van der Waals surface area contributed by atoms with E-state index in [1.165, 1.54) is 10.3 Å². The Bertz CT molecular complexity index is 473. The quantitative estimate of drug-likeness (QED) is 0.738. The number of carbonyl (C=O) groups excluding carboxylic acids is 1. The summed E-state index contributed by atoms with van der Waals surface area (Å²) in [7, 11) is 0. The van der Waals surface area contributed by atoms with Gasteiger partial charge in [-0.05, 0) is 30.5 Å². The molecule has 0 aliphatic carbocycles. The summed E-state index contributed by atoms with van der Waals surface area (Å²) in [6, 6.07) is 7.63. The maximum atomic E-state index is 10.9. The molecule has 3 heteroatoms. The monoisotopic (exact) mass is 191 g/mol. The average Bonchev–Trinajstić information content (AvgIpc) is 2.42. The van der Waals surface area contributed by atoms with Crippen LogP contribution < -0.4 is 5.73 Å². The maximum absolute atomic E-state index is 10.9. The number of fused-ring (bicyclic) bond motifs is 1. The molecule has 0 aliphatic rings. The van der Waals surface area contributed by atoms with E-state index in [-0.39, 0.29) is 5.91 Å². The van der Waals surface area contributed by atoms with Crippen molar-refractivity contribution >= 4 is 27.3 Å². The highest BCUT2D eigenvalue weighted by molar-refractivity contribution is 7.19. The summed E-state index contributed by atoms with van der Waals surface area (Å²) in [5.74, 6) is -0.368. The highest BCUT2D eigenvalue weighted by atomic mass is 32.1. The molecule has 0 fully saturated rings. The first-order valence-corrected chi connectivity index (χ1v) is 4.78. The minimum atomic E-state index is -0.368. The Labute approximate surface area is 80.0 Å². The van der Waals surface area contributed by atoms with Crippen LogP contribution in [0.25, 0.3) is 10.1 Å². The van der Waals surface area contributed by atoms with Gasteiger partial charge in [0.15, 0.2) is 0 Å². The van der Waals surface area contributed by atoms with E-state index in [0.717, 1.165) is 4.70 Å². The standard InChI is InChI=1S/C10H9NOS/c1-6-4-7-2-3-8(10(11)12)5-9(7)13-6/h2-5H,1H3,(H2,11,12). The number of nitrogens with two attached hydrogens (primary N) is 1. The van der Waals surface area contributed by atoms with Gasteiger partial charge in [0.05, 0.1) is 0 Å². The van der Waals surface area contributed by atoms with E-state index in [9.17, 15) is 4.79 Å². The topological polar surface area (TPSA) is 43.1 Å². The lowest BCUT2D eigenvalue weighted by Crippen LogP contribution is -2.10. The number of benzene rings is 1. The zero-order chi connectivity index (χ0) is 9.42. The van der Waals surface area contributed by atoms with E-state index >= 15 is 0 Å². The summed E-state index contributed by atoms with van der Waals surface area (Å²) in [5, 5.41) is 1.17. The Balaban J connectivity index is 2.67. The number of rotatable bonds is 1. The first-order valence-electron chi connectivity index (χ1n) is 3.97. The SMILES string of the molecule is Cc1cc2ccc(C(N)=O)cc2s1. The van der Waals surface area contributed by atoms with Gasteiger partial charge < -0.3 is 5.73 Å². The highest BCUT2D eigenvalue weighted by Crippen LogP contribution is 2.25. The summed E-state index contributed by atoms with van der Waals surface area (Å²) in [5.41, 5.74) is 5.76. The third-order valence-corrected chi connectivity index (χ3v) is 2.94. The number of hydrogen-bond acceptors (Lipinski definition) is 2. The van der Waals surface area contributed by atoms with E-state index in [0.29, 0.717) is 5.56 Å². The molecule has 2 nitrogen and oxygen atoms in total. The molecule has 2 rings (SSSR count). The van der Waals surface area contributed by atoms with Gasteiger partial charge in [-0.15, -0.1) is 11.3 Å². The third kappa shape index (κ3) is 1.42. The summed E-state index contributed by atoms with van der Waals surface area (Å²) >= 11 is 1.68. The second-order valence-electron chi connectivity index (χ2n) is 2.97. The van der Waals surface area contributed by atoms with E-state index in [1.807, 2.05) is 12.1 Å². The Morgan fingerprint density at radius 1 is 1.38 bits per heavy atom. The number of aryl methyl sites for hydroxylation is 1. The lowest BCUT2D eigenvalue weighted by molar-refractivity contribution is 0.100. The average molecular weight is 191 g/mol. The van der Waals surface area contributed by atoms with Crippen LogP contribution in [0.5, 0.6) is 0 Å². The van der Waals surface area contributed by atoms with Crippen LogP contribution in [0.1, 0.15) is 15.2 Å². The molecule has 0 saturated heterocycles. The van der Waals surface area contributed by atoms with Crippen LogP contribution in [0.4, 0.5) is 0 Å². The van der Waals surface area contributed by atoms with Crippen LogP contribution in [0.2, 0.25) is 0 Å². The van der Waals surface area contributed by atoms with E-state index in [2.05, 4.69) is 13.0 Å². The lowest BCUT2D eigenvalue weighted by atomic mass is 10.2. The number of amides is 1. The number of carbonyl (C=O) groups is 1. The van der Waals surface area contributed by atoms with E-state index in [4.69, 9.17) is 5.73 Å². The van der Waals surface area contributed by atoms with Crippen LogP contribution in [0.15, 0.2) is 24.3 Å². The minimum Gasteiger partial charge on any atom is -0.366 e. The molecular formula is C10H9NOS. The molecule has 1 aromatic heterocycles. The van der Waals surface area contributed by atoms with Gasteiger partial charge in [0.1, 0.15) is 0 Å². The van der Waals surface area contributed by atoms with Crippen LogP contribution in [-0.2, 0) is 0 Å². The van der Waals surface area contributed by atoms with Crippen LogP contribution in [-0.4, -0.2) is 5.91 Å². The van der Waals surface area contributed by atoms with E-state index in [1.54, 1.807) is 17.4 Å². The summed E-state index contributed by atoms with van der Waals surface area (Å²) in [6.45, 7) is 2.05. The van der Waals surface area contributed by atoms with Crippen molar-refractivity contribution in [3.8, 4) is 0 Å². The van der Waals surface area contributed by atoms with Gasteiger partial charge in [-0.1, -0.05) is 6.07 Å². The molecule has 2 aromatic rings. The second kappa shape index (κ2) is 2.85. The smallest absolute Gasteiger partial charge is 0.248 e.